The highest BCUT2D eigenvalue weighted by molar-refractivity contribution is 7.90. The number of rotatable bonds is 6. The smallest absolute Gasteiger partial charge is 0.175 e. The van der Waals surface area contributed by atoms with Crippen LogP contribution in [0.4, 0.5) is 5.82 Å². The number of anilines is 1. The number of aryl methyl sites for hydroxylation is 1. The number of aromatic nitrogens is 2. The van der Waals surface area contributed by atoms with Gasteiger partial charge in [-0.3, -0.25) is 0 Å². The Balaban J connectivity index is 2.01. The van der Waals surface area contributed by atoms with Crippen LogP contribution >= 0.6 is 0 Å². The summed E-state index contributed by atoms with van der Waals surface area (Å²) in [6.07, 6.45) is 4.74. The van der Waals surface area contributed by atoms with Gasteiger partial charge in [0.2, 0.25) is 0 Å². The first-order valence-electron chi connectivity index (χ1n) is 6.83. The topological polar surface area (TPSA) is 72.0 Å². The lowest BCUT2D eigenvalue weighted by Crippen LogP contribution is -2.03. The molecule has 2 aromatic rings. The van der Waals surface area contributed by atoms with Crippen LogP contribution in [0.1, 0.15) is 24.6 Å². The van der Waals surface area contributed by atoms with Crippen molar-refractivity contribution >= 4 is 15.7 Å². The molecule has 0 saturated heterocycles. The molecule has 0 aliphatic heterocycles. The van der Waals surface area contributed by atoms with Crippen molar-refractivity contribution in [2.45, 2.75) is 31.2 Å². The van der Waals surface area contributed by atoms with Crippen LogP contribution < -0.4 is 5.32 Å². The van der Waals surface area contributed by atoms with Gasteiger partial charge in [-0.15, -0.1) is 0 Å². The second-order valence-electron chi connectivity index (χ2n) is 4.91. The molecule has 0 atom stereocenters. The third-order valence-electron chi connectivity index (χ3n) is 3.05. The Morgan fingerprint density at radius 1 is 1.14 bits per heavy atom. The van der Waals surface area contributed by atoms with Gasteiger partial charge in [0.05, 0.1) is 4.90 Å². The van der Waals surface area contributed by atoms with Gasteiger partial charge >= 0.3 is 0 Å². The highest BCUT2D eigenvalue weighted by Crippen LogP contribution is 2.12. The van der Waals surface area contributed by atoms with Crippen molar-refractivity contribution in [1.82, 2.24) is 9.97 Å². The average molecular weight is 305 g/mol. The summed E-state index contributed by atoms with van der Waals surface area (Å²) in [6.45, 7) is 2.70. The molecule has 0 aliphatic carbocycles. The minimum absolute atomic E-state index is 0.332. The van der Waals surface area contributed by atoms with Gasteiger partial charge in [0.25, 0.3) is 0 Å². The van der Waals surface area contributed by atoms with E-state index in [9.17, 15) is 8.42 Å². The maximum Gasteiger partial charge on any atom is 0.175 e. The molecule has 6 heteroatoms. The minimum Gasteiger partial charge on any atom is -0.366 e. The van der Waals surface area contributed by atoms with Crippen LogP contribution in [-0.2, 0) is 22.8 Å². The van der Waals surface area contributed by atoms with Crippen molar-refractivity contribution in [1.29, 1.82) is 0 Å². The minimum atomic E-state index is -3.14. The third-order valence-corrected chi connectivity index (χ3v) is 4.18. The van der Waals surface area contributed by atoms with E-state index >= 15 is 0 Å². The van der Waals surface area contributed by atoms with Gasteiger partial charge in [-0.2, -0.15) is 0 Å². The summed E-state index contributed by atoms with van der Waals surface area (Å²) < 4.78 is 22.8. The molecule has 1 aromatic carbocycles. The van der Waals surface area contributed by atoms with Crippen LogP contribution in [0.25, 0.3) is 0 Å². The van der Waals surface area contributed by atoms with Crippen LogP contribution in [-0.4, -0.2) is 24.6 Å². The number of nitrogens with zero attached hydrogens (tertiary/aromatic N) is 2. The molecular formula is C15H19N3O2S. The maximum absolute atomic E-state index is 11.4. The summed E-state index contributed by atoms with van der Waals surface area (Å²) in [5, 5.41) is 3.22. The quantitative estimate of drug-likeness (QED) is 0.887. The van der Waals surface area contributed by atoms with Crippen LogP contribution in [0, 0.1) is 0 Å². The predicted molar refractivity (Wildman–Crippen MR) is 82.9 cm³/mol. The molecule has 0 bridgehead atoms. The average Bonchev–Trinajstić information content (AvgIpc) is 2.45. The lowest BCUT2D eigenvalue weighted by atomic mass is 10.2. The van der Waals surface area contributed by atoms with Crippen LogP contribution in [0.2, 0.25) is 0 Å². The van der Waals surface area contributed by atoms with Crippen molar-refractivity contribution in [2.75, 3.05) is 11.6 Å². The van der Waals surface area contributed by atoms with E-state index in [1.165, 1.54) is 6.26 Å². The van der Waals surface area contributed by atoms with Gasteiger partial charge in [0.15, 0.2) is 9.84 Å². The van der Waals surface area contributed by atoms with E-state index in [0.29, 0.717) is 11.4 Å². The summed E-state index contributed by atoms with van der Waals surface area (Å²) in [7, 11) is -3.14. The highest BCUT2D eigenvalue weighted by Gasteiger charge is 2.06. The molecule has 5 nitrogen and oxygen atoms in total. The summed E-state index contributed by atoms with van der Waals surface area (Å²) in [5.74, 6) is 0.778. The van der Waals surface area contributed by atoms with Crippen LogP contribution in [0.5, 0.6) is 0 Å². The normalized spacial score (nSPS) is 11.3. The van der Waals surface area contributed by atoms with Gasteiger partial charge in [0.1, 0.15) is 12.1 Å². The van der Waals surface area contributed by atoms with E-state index in [-0.39, 0.29) is 0 Å². The van der Waals surface area contributed by atoms with Crippen molar-refractivity contribution in [3.05, 3.63) is 47.9 Å². The number of hydrogen-bond donors (Lipinski definition) is 1. The van der Waals surface area contributed by atoms with Gasteiger partial charge in [-0.25, -0.2) is 18.4 Å². The third kappa shape index (κ3) is 4.53. The molecule has 0 unspecified atom stereocenters. The second kappa shape index (κ2) is 6.67. The van der Waals surface area contributed by atoms with Crippen molar-refractivity contribution in [3.63, 3.8) is 0 Å². The Bertz CT molecular complexity index is 697. The molecule has 112 valence electrons. The van der Waals surface area contributed by atoms with Crippen molar-refractivity contribution in [3.8, 4) is 0 Å². The van der Waals surface area contributed by atoms with Crippen molar-refractivity contribution in [2.24, 2.45) is 0 Å². The zero-order valence-corrected chi connectivity index (χ0v) is 13.0. The van der Waals surface area contributed by atoms with Crippen molar-refractivity contribution < 1.29 is 8.42 Å². The summed E-state index contributed by atoms with van der Waals surface area (Å²) in [4.78, 5) is 8.71. The molecule has 1 heterocycles. The fourth-order valence-electron chi connectivity index (χ4n) is 1.93. The van der Waals surface area contributed by atoms with E-state index in [1.807, 2.05) is 6.07 Å². The largest absolute Gasteiger partial charge is 0.366 e. The Labute approximate surface area is 125 Å². The molecule has 2 rings (SSSR count). The van der Waals surface area contributed by atoms with E-state index < -0.39 is 9.84 Å². The van der Waals surface area contributed by atoms with E-state index in [1.54, 1.807) is 30.6 Å². The SMILES string of the molecule is CCCc1cc(NCc2ccc(S(C)(=O)=O)cc2)ncn1. The molecule has 21 heavy (non-hydrogen) atoms. The molecule has 0 aliphatic rings. The van der Waals surface area contributed by atoms with E-state index in [2.05, 4.69) is 22.2 Å². The van der Waals surface area contributed by atoms with Gasteiger partial charge < -0.3 is 5.32 Å². The zero-order valence-electron chi connectivity index (χ0n) is 12.2. The Hall–Kier alpha value is -1.95. The summed E-state index contributed by atoms with van der Waals surface area (Å²) >= 11 is 0. The highest BCUT2D eigenvalue weighted by atomic mass is 32.2. The Morgan fingerprint density at radius 2 is 1.86 bits per heavy atom. The number of nitrogens with one attached hydrogen (secondary N) is 1. The predicted octanol–water partition coefficient (Wildman–Crippen LogP) is 2.44. The fraction of sp³-hybridized carbons (Fsp3) is 0.333. The molecule has 1 aromatic heterocycles. The first-order valence-corrected chi connectivity index (χ1v) is 8.72. The van der Waals surface area contributed by atoms with E-state index in [4.69, 9.17) is 0 Å². The fourth-order valence-corrected chi connectivity index (χ4v) is 2.56. The first-order chi connectivity index (χ1) is 9.99. The lowest BCUT2D eigenvalue weighted by molar-refractivity contribution is 0.602. The maximum atomic E-state index is 11.4. The monoisotopic (exact) mass is 305 g/mol. The molecular weight excluding hydrogens is 286 g/mol. The van der Waals surface area contributed by atoms with Gasteiger partial charge in [-0.1, -0.05) is 25.5 Å². The lowest BCUT2D eigenvalue weighted by Gasteiger charge is -2.07. The molecule has 1 N–H and O–H groups in total. The molecule has 0 amide bonds. The molecule has 0 radical (unpaired) electrons. The summed E-state index contributed by atoms with van der Waals surface area (Å²) in [6, 6.07) is 8.78. The number of hydrogen-bond acceptors (Lipinski definition) is 5. The Kier molecular flexibility index (Phi) is 4.90. The molecule has 0 fully saturated rings. The Morgan fingerprint density at radius 3 is 2.48 bits per heavy atom. The van der Waals surface area contributed by atoms with Crippen LogP contribution in [0.3, 0.4) is 0 Å². The second-order valence-corrected chi connectivity index (χ2v) is 6.93. The van der Waals surface area contributed by atoms with Gasteiger partial charge in [-0.05, 0) is 24.1 Å². The van der Waals surface area contributed by atoms with E-state index in [0.717, 1.165) is 29.9 Å². The van der Waals surface area contributed by atoms with Gasteiger partial charge in [0, 0.05) is 24.6 Å². The summed E-state index contributed by atoms with van der Waals surface area (Å²) in [5.41, 5.74) is 2.01. The molecule has 0 saturated carbocycles. The first kappa shape index (κ1) is 15.4. The number of sulfone groups is 1. The molecule has 0 spiro atoms. The zero-order chi connectivity index (χ0) is 15.3. The number of benzene rings is 1. The van der Waals surface area contributed by atoms with Crippen LogP contribution in [0.15, 0.2) is 41.6 Å². The standard InChI is InChI=1S/C15H19N3O2S/c1-3-4-13-9-15(18-11-17-13)16-10-12-5-7-14(8-6-12)21(2,19)20/h5-9,11H,3-4,10H2,1-2H3,(H,16,17,18).